The SMILES string of the molecule is CC(C)c1noc(N2CCC(Oc3ccccc3Cl)CC2)n1. The first kappa shape index (κ1) is 15.2. The zero-order chi connectivity index (χ0) is 15.5. The number of piperidine rings is 1. The molecule has 6 heteroatoms. The van der Waals surface area contributed by atoms with Crippen LogP contribution in [-0.2, 0) is 0 Å². The number of para-hydroxylation sites is 1. The van der Waals surface area contributed by atoms with E-state index in [1.165, 1.54) is 0 Å². The molecule has 0 amide bonds. The topological polar surface area (TPSA) is 51.4 Å². The lowest BCUT2D eigenvalue weighted by Gasteiger charge is -2.30. The number of rotatable bonds is 4. The van der Waals surface area contributed by atoms with Crippen molar-refractivity contribution in [1.29, 1.82) is 0 Å². The zero-order valence-electron chi connectivity index (χ0n) is 12.8. The van der Waals surface area contributed by atoms with Crippen LogP contribution in [-0.4, -0.2) is 29.3 Å². The molecule has 0 spiro atoms. The van der Waals surface area contributed by atoms with Crippen molar-refractivity contribution in [1.82, 2.24) is 10.1 Å². The Hall–Kier alpha value is -1.75. The minimum atomic E-state index is 0.170. The van der Waals surface area contributed by atoms with Gasteiger partial charge < -0.3 is 14.2 Å². The molecular weight excluding hydrogens is 302 g/mol. The van der Waals surface area contributed by atoms with Crippen LogP contribution in [0.3, 0.4) is 0 Å². The maximum absolute atomic E-state index is 6.13. The van der Waals surface area contributed by atoms with Gasteiger partial charge in [-0.15, -0.1) is 0 Å². The molecule has 118 valence electrons. The van der Waals surface area contributed by atoms with Crippen molar-refractivity contribution in [2.24, 2.45) is 0 Å². The molecule has 2 heterocycles. The van der Waals surface area contributed by atoms with Crippen LogP contribution >= 0.6 is 11.6 Å². The average Bonchev–Trinajstić information content (AvgIpc) is 3.00. The van der Waals surface area contributed by atoms with Gasteiger partial charge in [0, 0.05) is 31.8 Å². The molecule has 22 heavy (non-hydrogen) atoms. The van der Waals surface area contributed by atoms with E-state index in [0.717, 1.165) is 37.5 Å². The summed E-state index contributed by atoms with van der Waals surface area (Å²) in [4.78, 5) is 6.56. The van der Waals surface area contributed by atoms with E-state index in [1.54, 1.807) is 0 Å². The van der Waals surface area contributed by atoms with Crippen molar-refractivity contribution >= 4 is 17.6 Å². The molecular formula is C16H20ClN3O2. The van der Waals surface area contributed by atoms with E-state index in [2.05, 4.69) is 28.9 Å². The van der Waals surface area contributed by atoms with Crippen LogP contribution in [0.2, 0.25) is 5.02 Å². The number of benzene rings is 1. The lowest BCUT2D eigenvalue weighted by atomic mass is 10.1. The van der Waals surface area contributed by atoms with E-state index >= 15 is 0 Å². The highest BCUT2D eigenvalue weighted by atomic mass is 35.5. The molecule has 0 aliphatic carbocycles. The second kappa shape index (κ2) is 6.57. The maximum Gasteiger partial charge on any atom is 0.324 e. The number of hydrogen-bond donors (Lipinski definition) is 0. The predicted octanol–water partition coefficient (Wildman–Crippen LogP) is 3.89. The Morgan fingerprint density at radius 1 is 1.27 bits per heavy atom. The van der Waals surface area contributed by atoms with E-state index in [1.807, 2.05) is 24.3 Å². The van der Waals surface area contributed by atoms with Crippen molar-refractivity contribution in [3.05, 3.63) is 35.1 Å². The summed E-state index contributed by atoms with van der Waals surface area (Å²) in [7, 11) is 0. The van der Waals surface area contributed by atoms with Crippen LogP contribution < -0.4 is 9.64 Å². The standard InChI is InChI=1S/C16H20ClN3O2/c1-11(2)15-18-16(22-19-15)20-9-7-12(8-10-20)21-14-6-4-3-5-13(14)17/h3-6,11-12H,7-10H2,1-2H3. The third-order valence-corrected chi connectivity index (χ3v) is 4.10. The Balaban J connectivity index is 1.57. The molecule has 1 fully saturated rings. The molecule has 0 N–H and O–H groups in total. The van der Waals surface area contributed by atoms with Gasteiger partial charge >= 0.3 is 6.01 Å². The first-order valence-electron chi connectivity index (χ1n) is 7.63. The molecule has 0 saturated carbocycles. The normalized spacial score (nSPS) is 16.3. The molecule has 1 saturated heterocycles. The molecule has 0 bridgehead atoms. The van der Waals surface area contributed by atoms with Crippen molar-refractivity contribution < 1.29 is 9.26 Å². The van der Waals surface area contributed by atoms with E-state index in [0.29, 0.717) is 11.0 Å². The Bertz CT molecular complexity index is 621. The van der Waals surface area contributed by atoms with Gasteiger partial charge in [-0.25, -0.2) is 0 Å². The van der Waals surface area contributed by atoms with Gasteiger partial charge in [0.25, 0.3) is 0 Å². The quantitative estimate of drug-likeness (QED) is 0.855. The lowest BCUT2D eigenvalue weighted by molar-refractivity contribution is 0.168. The minimum absolute atomic E-state index is 0.170. The molecule has 2 aromatic rings. The molecule has 0 atom stereocenters. The smallest absolute Gasteiger partial charge is 0.324 e. The highest BCUT2D eigenvalue weighted by Gasteiger charge is 2.25. The Labute approximate surface area is 135 Å². The number of aromatic nitrogens is 2. The molecule has 1 aromatic heterocycles. The first-order chi connectivity index (χ1) is 10.6. The van der Waals surface area contributed by atoms with Gasteiger partial charge in [-0.3, -0.25) is 0 Å². The number of nitrogens with zero attached hydrogens (tertiary/aromatic N) is 3. The van der Waals surface area contributed by atoms with Crippen LogP contribution in [0, 0.1) is 0 Å². The highest BCUT2D eigenvalue weighted by Crippen LogP contribution is 2.28. The molecule has 5 nitrogen and oxygen atoms in total. The first-order valence-corrected chi connectivity index (χ1v) is 8.01. The monoisotopic (exact) mass is 321 g/mol. The van der Waals surface area contributed by atoms with Crippen LogP contribution in [0.4, 0.5) is 6.01 Å². The summed E-state index contributed by atoms with van der Waals surface area (Å²) in [6.07, 6.45) is 1.98. The average molecular weight is 322 g/mol. The van der Waals surface area contributed by atoms with E-state index in [-0.39, 0.29) is 12.0 Å². The Kier molecular flexibility index (Phi) is 4.52. The van der Waals surface area contributed by atoms with E-state index in [9.17, 15) is 0 Å². The summed E-state index contributed by atoms with van der Waals surface area (Å²) < 4.78 is 11.3. The summed E-state index contributed by atoms with van der Waals surface area (Å²) in [6.45, 7) is 5.79. The number of anilines is 1. The van der Waals surface area contributed by atoms with Crippen LogP contribution in [0.15, 0.2) is 28.8 Å². The Morgan fingerprint density at radius 2 is 2.00 bits per heavy atom. The van der Waals surface area contributed by atoms with E-state index < -0.39 is 0 Å². The van der Waals surface area contributed by atoms with Gasteiger partial charge in [-0.1, -0.05) is 42.7 Å². The van der Waals surface area contributed by atoms with E-state index in [4.69, 9.17) is 20.9 Å². The molecule has 1 aromatic carbocycles. The van der Waals surface area contributed by atoms with Crippen LogP contribution in [0.25, 0.3) is 0 Å². The minimum Gasteiger partial charge on any atom is -0.489 e. The fourth-order valence-corrected chi connectivity index (χ4v) is 2.65. The Morgan fingerprint density at radius 3 is 2.64 bits per heavy atom. The lowest BCUT2D eigenvalue weighted by Crippen LogP contribution is -2.38. The molecule has 0 radical (unpaired) electrons. The number of halogens is 1. The van der Waals surface area contributed by atoms with Crippen LogP contribution in [0.5, 0.6) is 5.75 Å². The fraction of sp³-hybridized carbons (Fsp3) is 0.500. The van der Waals surface area contributed by atoms with Crippen molar-refractivity contribution in [3.63, 3.8) is 0 Å². The van der Waals surface area contributed by atoms with Crippen molar-refractivity contribution in [3.8, 4) is 5.75 Å². The third-order valence-electron chi connectivity index (χ3n) is 3.79. The largest absolute Gasteiger partial charge is 0.489 e. The second-order valence-corrected chi connectivity index (χ2v) is 6.23. The van der Waals surface area contributed by atoms with Crippen LogP contribution in [0.1, 0.15) is 38.4 Å². The summed E-state index contributed by atoms with van der Waals surface area (Å²) in [5, 5.41) is 4.67. The summed E-state index contributed by atoms with van der Waals surface area (Å²) in [5.41, 5.74) is 0. The predicted molar refractivity (Wildman–Crippen MR) is 85.7 cm³/mol. The maximum atomic E-state index is 6.13. The van der Waals surface area contributed by atoms with Gasteiger partial charge in [0.2, 0.25) is 0 Å². The zero-order valence-corrected chi connectivity index (χ0v) is 13.6. The third kappa shape index (κ3) is 3.35. The molecule has 3 rings (SSSR count). The van der Waals surface area contributed by atoms with Gasteiger partial charge in [0.1, 0.15) is 11.9 Å². The molecule has 1 aliphatic heterocycles. The van der Waals surface area contributed by atoms with Crippen molar-refractivity contribution in [2.45, 2.75) is 38.7 Å². The van der Waals surface area contributed by atoms with Crippen molar-refractivity contribution in [2.75, 3.05) is 18.0 Å². The highest BCUT2D eigenvalue weighted by molar-refractivity contribution is 6.32. The molecule has 0 unspecified atom stereocenters. The van der Waals surface area contributed by atoms with Gasteiger partial charge in [0.15, 0.2) is 5.82 Å². The number of hydrogen-bond acceptors (Lipinski definition) is 5. The second-order valence-electron chi connectivity index (χ2n) is 5.82. The number of ether oxygens (including phenoxy) is 1. The fourth-order valence-electron chi connectivity index (χ4n) is 2.47. The summed E-state index contributed by atoms with van der Waals surface area (Å²) >= 11 is 6.13. The van der Waals surface area contributed by atoms with Gasteiger partial charge in [-0.05, 0) is 12.1 Å². The molecule has 1 aliphatic rings. The van der Waals surface area contributed by atoms with Gasteiger partial charge in [0.05, 0.1) is 5.02 Å². The summed E-state index contributed by atoms with van der Waals surface area (Å²) in [6, 6.07) is 8.20. The summed E-state index contributed by atoms with van der Waals surface area (Å²) in [5.74, 6) is 1.78. The van der Waals surface area contributed by atoms with Gasteiger partial charge in [-0.2, -0.15) is 4.98 Å².